The van der Waals surface area contributed by atoms with Crippen LogP contribution in [0.5, 0.6) is 11.6 Å². The number of nitrogens with zero attached hydrogens (tertiary/aromatic N) is 4. The number of rotatable bonds is 6. The molecule has 0 radical (unpaired) electrons. The second kappa shape index (κ2) is 15.3. The second-order valence-electron chi connectivity index (χ2n) is 14.0. The first-order valence-electron chi connectivity index (χ1n) is 17.4. The van der Waals surface area contributed by atoms with Gasteiger partial charge in [-0.15, -0.1) is 0 Å². The van der Waals surface area contributed by atoms with E-state index in [1.807, 2.05) is 24.3 Å². The molecule has 3 aliphatic rings. The van der Waals surface area contributed by atoms with E-state index >= 15 is 0 Å². The summed E-state index contributed by atoms with van der Waals surface area (Å²) in [6, 6.07) is 13.2. The normalized spacial score (nSPS) is 27.8. The summed E-state index contributed by atoms with van der Waals surface area (Å²) in [5.74, 6) is 0.186. The maximum atomic E-state index is 14.3. The van der Waals surface area contributed by atoms with E-state index in [9.17, 15) is 13.8 Å². The minimum Gasteiger partial charge on any atom is -0.490 e. The first-order valence-corrected chi connectivity index (χ1v) is 19.6. The van der Waals surface area contributed by atoms with E-state index in [2.05, 4.69) is 46.4 Å². The molecule has 12 heteroatoms. The summed E-state index contributed by atoms with van der Waals surface area (Å²) in [6.45, 7) is 6.04. The number of hydrogen-bond acceptors (Lipinski definition) is 8. The minimum atomic E-state index is -3.25. The van der Waals surface area contributed by atoms with Gasteiger partial charge in [0.2, 0.25) is 5.88 Å². The van der Waals surface area contributed by atoms with Crippen molar-refractivity contribution in [2.75, 3.05) is 49.8 Å². The highest BCUT2D eigenvalue weighted by atomic mass is 35.5. The van der Waals surface area contributed by atoms with Crippen molar-refractivity contribution in [3.63, 3.8) is 0 Å². The number of carbonyl (C=O) groups is 2. The summed E-state index contributed by atoms with van der Waals surface area (Å²) in [4.78, 5) is 29.3. The Balaban J connectivity index is 1.37. The fourth-order valence-electron chi connectivity index (χ4n) is 7.52. The molecule has 1 aromatic heterocycles. The van der Waals surface area contributed by atoms with E-state index < -0.39 is 21.4 Å². The predicted octanol–water partition coefficient (Wildman–Crippen LogP) is 6.44. The summed E-state index contributed by atoms with van der Waals surface area (Å²) in [6.07, 6.45) is 9.60. The van der Waals surface area contributed by atoms with Crippen LogP contribution < -0.4 is 14.4 Å². The van der Waals surface area contributed by atoms with Crippen LogP contribution >= 0.6 is 11.6 Å². The molecular formula is C38H47ClN4O6S. The molecule has 1 aliphatic carbocycles. The van der Waals surface area contributed by atoms with E-state index in [-0.39, 0.29) is 41.5 Å². The Labute approximate surface area is 300 Å². The standard InChI is InChI=1S/C38H47ClN4O6S/c1-26-21-43-24-38(16-8-9-28-19-30(39)12-13-32(28)38)25-49-35-14-11-29(20-33(35)43)37(45)41-50(46,18-7-5-6-10-34(47-4)27(26)2)23-31(44)22-48-36-15-17-40-42(36)3/h6,10-15,17,19-20,26-27,34H,5,7-9,16,18,21-25H2,1-4H3/b10-6+/t26-,27+,34-,38-,50+/m0/s1. The second-order valence-corrected chi connectivity index (χ2v) is 16.9. The van der Waals surface area contributed by atoms with Gasteiger partial charge in [0.25, 0.3) is 5.91 Å². The molecule has 5 atom stereocenters. The van der Waals surface area contributed by atoms with Gasteiger partial charge in [0.05, 0.1) is 40.1 Å². The average molecular weight is 723 g/mol. The fourth-order valence-corrected chi connectivity index (χ4v) is 9.62. The number of amides is 1. The number of methoxy groups -OCH3 is 1. The number of anilines is 1. The molecular weight excluding hydrogens is 676 g/mol. The number of hydrogen-bond donors (Lipinski definition) is 0. The number of halogens is 1. The molecule has 50 heavy (non-hydrogen) atoms. The van der Waals surface area contributed by atoms with Gasteiger partial charge in [0.1, 0.15) is 12.4 Å². The first kappa shape index (κ1) is 36.1. The molecule has 1 amide bonds. The number of ketones is 1. The molecule has 0 saturated carbocycles. The van der Waals surface area contributed by atoms with Gasteiger partial charge in [0, 0.05) is 55.1 Å². The highest BCUT2D eigenvalue weighted by Gasteiger charge is 2.42. The van der Waals surface area contributed by atoms with Crippen molar-refractivity contribution >= 4 is 38.7 Å². The third kappa shape index (κ3) is 7.95. The smallest absolute Gasteiger partial charge is 0.285 e. The van der Waals surface area contributed by atoms with Crippen LogP contribution in [-0.4, -0.2) is 76.7 Å². The van der Waals surface area contributed by atoms with Crippen molar-refractivity contribution in [3.8, 4) is 11.6 Å². The Hall–Kier alpha value is -3.67. The molecule has 0 N–H and O–H groups in total. The molecule has 6 rings (SSSR count). The molecule has 2 aromatic carbocycles. The van der Waals surface area contributed by atoms with Crippen molar-refractivity contribution in [1.82, 2.24) is 9.78 Å². The van der Waals surface area contributed by atoms with E-state index in [4.69, 9.17) is 25.8 Å². The van der Waals surface area contributed by atoms with Gasteiger partial charge in [-0.25, -0.2) is 8.89 Å². The maximum Gasteiger partial charge on any atom is 0.285 e. The van der Waals surface area contributed by atoms with Gasteiger partial charge in [0.15, 0.2) is 5.78 Å². The summed E-state index contributed by atoms with van der Waals surface area (Å²) < 4.78 is 38.3. The molecule has 2 aliphatic heterocycles. The average Bonchev–Trinajstić information content (AvgIpc) is 3.44. The summed E-state index contributed by atoms with van der Waals surface area (Å²) in [5.41, 5.74) is 3.34. The van der Waals surface area contributed by atoms with Crippen LogP contribution in [0.25, 0.3) is 0 Å². The van der Waals surface area contributed by atoms with Crippen LogP contribution in [0.4, 0.5) is 5.69 Å². The Bertz CT molecular complexity index is 1880. The maximum absolute atomic E-state index is 14.3. The number of ether oxygens (including phenoxy) is 3. The van der Waals surface area contributed by atoms with Gasteiger partial charge in [-0.1, -0.05) is 43.7 Å². The van der Waals surface area contributed by atoms with Gasteiger partial charge >= 0.3 is 0 Å². The van der Waals surface area contributed by atoms with Gasteiger partial charge in [-0.2, -0.15) is 9.46 Å². The monoisotopic (exact) mass is 722 g/mol. The number of benzene rings is 2. The third-order valence-corrected chi connectivity index (χ3v) is 12.9. The molecule has 2 bridgehead atoms. The van der Waals surface area contributed by atoms with E-state index in [0.717, 1.165) is 30.0 Å². The molecule has 268 valence electrons. The molecule has 0 saturated heterocycles. The quantitative estimate of drug-likeness (QED) is 0.268. The van der Waals surface area contributed by atoms with Crippen molar-refractivity contribution in [3.05, 3.63) is 82.5 Å². The van der Waals surface area contributed by atoms with Crippen LogP contribution in [0.15, 0.2) is 65.2 Å². The van der Waals surface area contributed by atoms with Crippen LogP contribution in [0.2, 0.25) is 5.02 Å². The lowest BCUT2D eigenvalue weighted by molar-refractivity contribution is -0.118. The zero-order valence-electron chi connectivity index (χ0n) is 29.3. The number of fused-ring (bicyclic) bond motifs is 3. The zero-order valence-corrected chi connectivity index (χ0v) is 30.9. The number of Topliss-reactive ketones (excluding diaryl/α,β-unsaturated/α-hetero) is 1. The fraction of sp³-hybridized carbons (Fsp3) is 0.500. The molecule has 10 nitrogen and oxygen atoms in total. The number of allylic oxidation sites excluding steroid dienone is 1. The molecule has 3 heterocycles. The lowest BCUT2D eigenvalue weighted by atomic mass is 9.70. The van der Waals surface area contributed by atoms with Crippen LogP contribution in [0, 0.1) is 11.8 Å². The van der Waals surface area contributed by atoms with Gasteiger partial charge < -0.3 is 19.1 Å². The number of carbonyl (C=O) groups excluding carboxylic acids is 2. The molecule has 0 unspecified atom stereocenters. The van der Waals surface area contributed by atoms with E-state index in [1.165, 1.54) is 15.8 Å². The van der Waals surface area contributed by atoms with E-state index in [0.29, 0.717) is 49.7 Å². The number of aryl methyl sites for hydroxylation is 2. The predicted molar refractivity (Wildman–Crippen MR) is 196 cm³/mol. The largest absolute Gasteiger partial charge is 0.490 e. The topological polar surface area (TPSA) is 112 Å². The Morgan fingerprint density at radius 2 is 2.00 bits per heavy atom. The Morgan fingerprint density at radius 1 is 1.16 bits per heavy atom. The SMILES string of the molecule is CO[C@H]1/C=C/CCC[S@@](=O)(CC(=O)COc2ccnn2C)=NC(=O)c2ccc3c(c2)N(C[C@H](C)[C@H]1C)C[C@@]1(CCCc2cc(Cl)ccc21)CO3. The third-order valence-electron chi connectivity index (χ3n) is 10.4. The Morgan fingerprint density at radius 3 is 2.78 bits per heavy atom. The van der Waals surface area contributed by atoms with Crippen LogP contribution in [0.1, 0.15) is 61.0 Å². The summed E-state index contributed by atoms with van der Waals surface area (Å²) in [5, 5.41) is 4.78. The zero-order chi connectivity index (χ0) is 35.5. The summed E-state index contributed by atoms with van der Waals surface area (Å²) >= 11 is 6.44. The highest BCUT2D eigenvalue weighted by molar-refractivity contribution is 7.94. The molecule has 0 fully saturated rings. The van der Waals surface area contributed by atoms with E-state index in [1.54, 1.807) is 32.5 Å². The molecule has 1 spiro atoms. The molecule has 3 aromatic rings. The Kier molecular flexibility index (Phi) is 11.0. The minimum absolute atomic E-state index is 0.0935. The van der Waals surface area contributed by atoms with Crippen molar-refractivity contribution < 1.29 is 28.0 Å². The lowest BCUT2D eigenvalue weighted by Gasteiger charge is -2.42. The van der Waals surface area contributed by atoms with Crippen molar-refractivity contribution in [1.29, 1.82) is 0 Å². The highest BCUT2D eigenvalue weighted by Crippen LogP contribution is 2.45. The van der Waals surface area contributed by atoms with Gasteiger partial charge in [-0.05, 0) is 85.4 Å². The van der Waals surface area contributed by atoms with Crippen molar-refractivity contribution in [2.45, 2.75) is 57.5 Å². The summed E-state index contributed by atoms with van der Waals surface area (Å²) in [7, 11) is 0.181. The van der Waals surface area contributed by atoms with Gasteiger partial charge in [-0.3, -0.25) is 9.59 Å². The number of aromatic nitrogens is 2. The van der Waals surface area contributed by atoms with Crippen LogP contribution in [0.3, 0.4) is 0 Å². The van der Waals surface area contributed by atoms with Crippen LogP contribution in [-0.2, 0) is 38.1 Å². The lowest BCUT2D eigenvalue weighted by Crippen LogP contribution is -2.47. The van der Waals surface area contributed by atoms with Crippen molar-refractivity contribution in [2.24, 2.45) is 23.2 Å². The first-order chi connectivity index (χ1) is 24.0.